The molecule has 0 aliphatic carbocycles. The van der Waals surface area contributed by atoms with Gasteiger partial charge < -0.3 is 15.8 Å². The van der Waals surface area contributed by atoms with Crippen molar-refractivity contribution < 1.29 is 14.3 Å². The summed E-state index contributed by atoms with van der Waals surface area (Å²) in [5.74, 6) is 0.263. The average molecular weight is 312 g/mol. The van der Waals surface area contributed by atoms with E-state index in [1.54, 1.807) is 24.3 Å². The highest BCUT2D eigenvalue weighted by molar-refractivity contribution is 5.94. The smallest absolute Gasteiger partial charge is 0.248 e. The first-order valence-electron chi connectivity index (χ1n) is 7.50. The van der Waals surface area contributed by atoms with E-state index in [0.717, 1.165) is 11.3 Å². The van der Waals surface area contributed by atoms with Crippen molar-refractivity contribution in [3.05, 3.63) is 59.7 Å². The van der Waals surface area contributed by atoms with E-state index >= 15 is 0 Å². The van der Waals surface area contributed by atoms with Gasteiger partial charge in [0.15, 0.2) is 0 Å². The zero-order valence-electron chi connectivity index (χ0n) is 13.0. The summed E-state index contributed by atoms with van der Waals surface area (Å²) in [6, 6.07) is 14.2. The molecule has 0 saturated heterocycles. The Morgan fingerprint density at radius 3 is 2.26 bits per heavy atom. The van der Waals surface area contributed by atoms with Gasteiger partial charge in [-0.25, -0.2) is 0 Å². The second-order valence-corrected chi connectivity index (χ2v) is 5.07. The van der Waals surface area contributed by atoms with Crippen molar-refractivity contribution in [2.45, 2.75) is 19.8 Å². The first kappa shape index (κ1) is 16.5. The van der Waals surface area contributed by atoms with Crippen molar-refractivity contribution >= 4 is 17.5 Å². The Morgan fingerprint density at radius 1 is 1.04 bits per heavy atom. The normalized spacial score (nSPS) is 10.1. The molecule has 0 spiro atoms. The molecule has 0 fully saturated rings. The van der Waals surface area contributed by atoms with Crippen LogP contribution in [0.4, 0.5) is 5.69 Å². The summed E-state index contributed by atoms with van der Waals surface area (Å²) in [7, 11) is 0. The summed E-state index contributed by atoms with van der Waals surface area (Å²) < 4.78 is 5.38. The van der Waals surface area contributed by atoms with Crippen LogP contribution >= 0.6 is 0 Å². The van der Waals surface area contributed by atoms with Crippen LogP contribution in [0.15, 0.2) is 48.5 Å². The van der Waals surface area contributed by atoms with Crippen LogP contribution in [-0.4, -0.2) is 18.4 Å². The fourth-order valence-electron chi connectivity index (χ4n) is 2.12. The van der Waals surface area contributed by atoms with Crippen molar-refractivity contribution in [3.63, 3.8) is 0 Å². The number of hydrogen-bond donors (Lipinski definition) is 2. The molecule has 3 N–H and O–H groups in total. The van der Waals surface area contributed by atoms with E-state index in [4.69, 9.17) is 10.5 Å². The molecule has 0 unspecified atom stereocenters. The Labute approximate surface area is 135 Å². The molecule has 2 aromatic carbocycles. The van der Waals surface area contributed by atoms with E-state index in [0.29, 0.717) is 30.7 Å². The predicted octanol–water partition coefficient (Wildman–Crippen LogP) is 2.76. The van der Waals surface area contributed by atoms with Gasteiger partial charge in [-0.2, -0.15) is 0 Å². The van der Waals surface area contributed by atoms with E-state index in [1.165, 1.54) is 0 Å². The van der Waals surface area contributed by atoms with Crippen LogP contribution in [0.25, 0.3) is 0 Å². The summed E-state index contributed by atoms with van der Waals surface area (Å²) in [4.78, 5) is 22.9. The van der Waals surface area contributed by atoms with Gasteiger partial charge in [0, 0.05) is 17.7 Å². The fourth-order valence-corrected chi connectivity index (χ4v) is 2.12. The Kier molecular flexibility index (Phi) is 5.74. The molecule has 5 heteroatoms. The van der Waals surface area contributed by atoms with Crippen molar-refractivity contribution in [1.82, 2.24) is 0 Å². The van der Waals surface area contributed by atoms with Crippen molar-refractivity contribution in [3.8, 4) is 5.75 Å². The van der Waals surface area contributed by atoms with Gasteiger partial charge in [0.25, 0.3) is 0 Å². The third kappa shape index (κ3) is 5.14. The number of anilines is 1. The van der Waals surface area contributed by atoms with Crippen LogP contribution in [0, 0.1) is 0 Å². The molecular formula is C18H20N2O3. The quantitative estimate of drug-likeness (QED) is 0.825. The summed E-state index contributed by atoms with van der Waals surface area (Å²) in [6.07, 6.45) is 1.03. The zero-order chi connectivity index (χ0) is 16.7. The number of nitrogens with two attached hydrogens (primary N) is 1. The van der Waals surface area contributed by atoms with E-state index < -0.39 is 5.91 Å². The summed E-state index contributed by atoms with van der Waals surface area (Å²) in [6.45, 7) is 2.57. The zero-order valence-corrected chi connectivity index (χ0v) is 13.0. The van der Waals surface area contributed by atoms with Gasteiger partial charge in [0.2, 0.25) is 11.8 Å². The molecule has 0 aliphatic rings. The van der Waals surface area contributed by atoms with Crippen LogP contribution in [-0.2, 0) is 11.2 Å². The van der Waals surface area contributed by atoms with Gasteiger partial charge in [-0.1, -0.05) is 12.1 Å². The highest BCUT2D eigenvalue weighted by Crippen LogP contribution is 2.14. The molecule has 0 aliphatic heterocycles. The topological polar surface area (TPSA) is 81.4 Å². The summed E-state index contributed by atoms with van der Waals surface area (Å²) >= 11 is 0. The first-order valence-corrected chi connectivity index (χ1v) is 7.50. The predicted molar refractivity (Wildman–Crippen MR) is 89.5 cm³/mol. The largest absolute Gasteiger partial charge is 0.494 e. The minimum absolute atomic E-state index is 0.0780. The third-order valence-electron chi connectivity index (χ3n) is 3.33. The van der Waals surface area contributed by atoms with Crippen LogP contribution < -0.4 is 15.8 Å². The molecule has 23 heavy (non-hydrogen) atoms. The molecule has 0 heterocycles. The number of carbonyl (C=O) groups is 2. The summed E-state index contributed by atoms with van der Waals surface area (Å²) in [5, 5.41) is 2.79. The van der Waals surface area contributed by atoms with E-state index in [1.807, 2.05) is 31.2 Å². The van der Waals surface area contributed by atoms with E-state index in [9.17, 15) is 9.59 Å². The first-order chi connectivity index (χ1) is 11.1. The number of primary amides is 1. The molecular weight excluding hydrogens is 292 g/mol. The molecule has 5 nitrogen and oxygen atoms in total. The Hall–Kier alpha value is -2.82. The SMILES string of the molecule is CCOc1ccc(CCC(=O)Nc2ccc(C(N)=O)cc2)cc1. The standard InChI is InChI=1S/C18H20N2O3/c1-2-23-16-10-3-13(4-11-16)5-12-17(21)20-15-8-6-14(7-9-15)18(19)22/h3-4,6-11H,2,5,12H2,1H3,(H2,19,22)(H,20,21). The number of amides is 2. The van der Waals surface area contributed by atoms with Crippen LogP contribution in [0.2, 0.25) is 0 Å². The second kappa shape index (κ2) is 7.98. The molecule has 0 radical (unpaired) electrons. The molecule has 0 aromatic heterocycles. The Balaban J connectivity index is 1.83. The number of benzene rings is 2. The molecule has 120 valence electrons. The Morgan fingerprint density at radius 2 is 1.70 bits per heavy atom. The lowest BCUT2D eigenvalue weighted by Gasteiger charge is -2.07. The van der Waals surface area contributed by atoms with Gasteiger partial charge >= 0.3 is 0 Å². The minimum Gasteiger partial charge on any atom is -0.494 e. The van der Waals surface area contributed by atoms with Crippen LogP contribution in [0.1, 0.15) is 29.3 Å². The lowest BCUT2D eigenvalue weighted by atomic mass is 10.1. The monoisotopic (exact) mass is 312 g/mol. The number of nitrogens with one attached hydrogen (secondary N) is 1. The molecule has 2 rings (SSSR count). The maximum Gasteiger partial charge on any atom is 0.248 e. The lowest BCUT2D eigenvalue weighted by molar-refractivity contribution is -0.116. The molecule has 0 atom stereocenters. The fraction of sp³-hybridized carbons (Fsp3) is 0.222. The maximum atomic E-state index is 11.9. The molecule has 0 saturated carbocycles. The summed E-state index contributed by atoms with van der Waals surface area (Å²) in [5.41, 5.74) is 7.31. The van der Waals surface area contributed by atoms with E-state index in [-0.39, 0.29) is 5.91 Å². The Bertz CT molecular complexity index is 664. The van der Waals surface area contributed by atoms with Gasteiger partial charge in [-0.05, 0) is 55.3 Å². The maximum absolute atomic E-state index is 11.9. The highest BCUT2D eigenvalue weighted by Gasteiger charge is 2.05. The van der Waals surface area contributed by atoms with Crippen LogP contribution in [0.5, 0.6) is 5.75 Å². The van der Waals surface area contributed by atoms with Crippen molar-refractivity contribution in [1.29, 1.82) is 0 Å². The minimum atomic E-state index is -0.488. The molecule has 0 bridgehead atoms. The van der Waals surface area contributed by atoms with Crippen LogP contribution in [0.3, 0.4) is 0 Å². The van der Waals surface area contributed by atoms with Crippen molar-refractivity contribution in [2.24, 2.45) is 5.73 Å². The number of carbonyl (C=O) groups excluding carboxylic acids is 2. The van der Waals surface area contributed by atoms with Gasteiger partial charge in [-0.15, -0.1) is 0 Å². The van der Waals surface area contributed by atoms with Crippen molar-refractivity contribution in [2.75, 3.05) is 11.9 Å². The van der Waals surface area contributed by atoms with E-state index in [2.05, 4.69) is 5.32 Å². The second-order valence-electron chi connectivity index (χ2n) is 5.07. The highest BCUT2D eigenvalue weighted by atomic mass is 16.5. The molecule has 2 aromatic rings. The lowest BCUT2D eigenvalue weighted by Crippen LogP contribution is -2.13. The molecule has 2 amide bonds. The number of ether oxygens (including phenoxy) is 1. The van der Waals surface area contributed by atoms with Gasteiger partial charge in [0.05, 0.1) is 6.61 Å². The third-order valence-corrected chi connectivity index (χ3v) is 3.33. The number of hydrogen-bond acceptors (Lipinski definition) is 3. The average Bonchev–Trinajstić information content (AvgIpc) is 2.55. The number of rotatable bonds is 7. The number of aryl methyl sites for hydroxylation is 1. The van der Waals surface area contributed by atoms with Gasteiger partial charge in [0.1, 0.15) is 5.75 Å². The van der Waals surface area contributed by atoms with Gasteiger partial charge in [-0.3, -0.25) is 9.59 Å².